The highest BCUT2D eigenvalue weighted by Gasteiger charge is 2.19. The number of halogens is 1. The third-order valence-electron chi connectivity index (χ3n) is 4.31. The van der Waals surface area contributed by atoms with E-state index in [0.717, 1.165) is 12.8 Å². The lowest BCUT2D eigenvalue weighted by Crippen LogP contribution is -2.31. The van der Waals surface area contributed by atoms with Gasteiger partial charge in [0.15, 0.2) is 11.2 Å². The normalized spacial score (nSPS) is 11.1. The van der Waals surface area contributed by atoms with Gasteiger partial charge in [-0.25, -0.2) is 19.6 Å². The number of carbonyl (C=O) groups excluding carboxylic acids is 1. The zero-order valence-corrected chi connectivity index (χ0v) is 16.3. The van der Waals surface area contributed by atoms with Crippen molar-refractivity contribution in [2.75, 3.05) is 0 Å². The summed E-state index contributed by atoms with van der Waals surface area (Å²) in [5, 5.41) is 0.182. The summed E-state index contributed by atoms with van der Waals surface area (Å²) in [4.78, 5) is 47.4. The minimum Gasteiger partial charge on any atom is -0.454 e. The molecule has 0 fully saturated rings. The molecule has 0 amide bonds. The number of carbonyl (C=O) groups is 1. The van der Waals surface area contributed by atoms with Gasteiger partial charge in [0.2, 0.25) is 0 Å². The topological polar surface area (TPSA) is 112 Å². The minimum atomic E-state index is -0.587. The van der Waals surface area contributed by atoms with Crippen LogP contribution in [0.25, 0.3) is 11.2 Å². The lowest BCUT2D eigenvalue weighted by Gasteiger charge is -2.07. The molecule has 0 unspecified atom stereocenters. The summed E-state index contributed by atoms with van der Waals surface area (Å²) in [5.74, 6) is -0.205. The van der Waals surface area contributed by atoms with Crippen molar-refractivity contribution in [3.05, 3.63) is 55.7 Å². The number of aromatic nitrogens is 5. The second kappa shape index (κ2) is 8.39. The number of pyridine rings is 1. The molecule has 0 radical (unpaired) electrons. The van der Waals surface area contributed by atoms with E-state index in [9.17, 15) is 14.4 Å². The quantitative estimate of drug-likeness (QED) is 0.476. The number of nitrogens with one attached hydrogen (secondary N) is 1. The Labute approximate surface area is 164 Å². The second-order valence-electron chi connectivity index (χ2n) is 6.15. The molecule has 10 heteroatoms. The maximum atomic E-state index is 12.4. The van der Waals surface area contributed by atoms with Gasteiger partial charge in [0.05, 0.1) is 5.56 Å². The Balaban J connectivity index is 1.97. The standard InChI is InChI=1S/C18H20ClN5O4/c1-3-5-8-24-15-14(16(25)22-18(24)27)23(4-2)13(21-15)10-28-17(26)11-6-7-20-12(19)9-11/h6-7,9H,3-5,8,10H2,1-2H3,(H,22,25,27). The molecule has 3 rings (SSSR count). The monoisotopic (exact) mass is 405 g/mol. The molecule has 0 saturated heterocycles. The van der Waals surface area contributed by atoms with Crippen LogP contribution in [0.5, 0.6) is 0 Å². The van der Waals surface area contributed by atoms with Crippen molar-refractivity contribution in [2.24, 2.45) is 0 Å². The first-order chi connectivity index (χ1) is 13.5. The van der Waals surface area contributed by atoms with Gasteiger partial charge in [-0.2, -0.15) is 0 Å². The number of hydrogen-bond acceptors (Lipinski definition) is 6. The van der Waals surface area contributed by atoms with Crippen LogP contribution in [0.1, 0.15) is 42.9 Å². The van der Waals surface area contributed by atoms with Crippen LogP contribution in [-0.2, 0) is 24.4 Å². The van der Waals surface area contributed by atoms with Gasteiger partial charge in [-0.1, -0.05) is 24.9 Å². The van der Waals surface area contributed by atoms with Crippen LogP contribution in [0.4, 0.5) is 0 Å². The first kappa shape index (κ1) is 19.8. The van der Waals surface area contributed by atoms with E-state index in [4.69, 9.17) is 16.3 Å². The number of esters is 1. The van der Waals surface area contributed by atoms with Gasteiger partial charge in [0, 0.05) is 19.3 Å². The molecule has 0 aliphatic heterocycles. The van der Waals surface area contributed by atoms with Crippen LogP contribution in [0, 0.1) is 0 Å². The first-order valence-electron chi connectivity index (χ1n) is 8.97. The van der Waals surface area contributed by atoms with Gasteiger partial charge in [-0.05, 0) is 25.5 Å². The van der Waals surface area contributed by atoms with Gasteiger partial charge in [0.1, 0.15) is 17.6 Å². The number of nitrogens with zero attached hydrogens (tertiary/aromatic N) is 4. The maximum Gasteiger partial charge on any atom is 0.338 e. The van der Waals surface area contributed by atoms with Crippen molar-refractivity contribution >= 4 is 28.7 Å². The Kier molecular flexibility index (Phi) is 5.93. The lowest BCUT2D eigenvalue weighted by atomic mass is 10.3. The van der Waals surface area contributed by atoms with E-state index in [-0.39, 0.29) is 22.8 Å². The summed E-state index contributed by atoms with van der Waals surface area (Å²) in [6.45, 7) is 4.57. The van der Waals surface area contributed by atoms with Crippen molar-refractivity contribution in [3.63, 3.8) is 0 Å². The summed E-state index contributed by atoms with van der Waals surface area (Å²) < 4.78 is 8.41. The zero-order chi connectivity index (χ0) is 20.3. The summed E-state index contributed by atoms with van der Waals surface area (Å²) in [6, 6.07) is 2.89. The number of aromatic amines is 1. The van der Waals surface area contributed by atoms with Crippen molar-refractivity contribution in [1.82, 2.24) is 24.1 Å². The SMILES string of the molecule is CCCCn1c(=O)[nH]c(=O)c2c1nc(COC(=O)c1ccnc(Cl)c1)n2CC. The molecule has 3 aromatic rings. The summed E-state index contributed by atoms with van der Waals surface area (Å²) in [7, 11) is 0. The number of ether oxygens (including phenoxy) is 1. The molecule has 3 aromatic heterocycles. The van der Waals surface area contributed by atoms with Crippen molar-refractivity contribution in [2.45, 2.75) is 46.4 Å². The molecular formula is C18H20ClN5O4. The van der Waals surface area contributed by atoms with E-state index in [1.165, 1.54) is 22.9 Å². The fourth-order valence-electron chi connectivity index (χ4n) is 2.93. The fourth-order valence-corrected chi connectivity index (χ4v) is 3.11. The van der Waals surface area contributed by atoms with Crippen LogP contribution in [0.15, 0.2) is 27.9 Å². The van der Waals surface area contributed by atoms with E-state index in [0.29, 0.717) is 24.6 Å². The Hall–Kier alpha value is -2.94. The third-order valence-corrected chi connectivity index (χ3v) is 4.52. The van der Waals surface area contributed by atoms with Crippen LogP contribution >= 0.6 is 11.6 Å². The molecule has 0 atom stereocenters. The van der Waals surface area contributed by atoms with E-state index >= 15 is 0 Å². The number of unbranched alkanes of at least 4 members (excludes halogenated alkanes) is 1. The summed E-state index contributed by atoms with van der Waals surface area (Å²) in [6.07, 6.45) is 3.07. The maximum absolute atomic E-state index is 12.4. The Morgan fingerprint density at radius 1 is 1.29 bits per heavy atom. The number of H-pyrrole nitrogens is 1. The third kappa shape index (κ3) is 3.84. The molecule has 0 aliphatic rings. The van der Waals surface area contributed by atoms with E-state index in [1.54, 1.807) is 4.57 Å². The smallest absolute Gasteiger partial charge is 0.338 e. The van der Waals surface area contributed by atoms with Crippen LogP contribution in [-0.4, -0.2) is 30.1 Å². The van der Waals surface area contributed by atoms with Crippen LogP contribution < -0.4 is 11.2 Å². The minimum absolute atomic E-state index is 0.150. The molecule has 0 aliphatic carbocycles. The molecule has 0 bridgehead atoms. The number of imidazole rings is 1. The molecule has 9 nitrogen and oxygen atoms in total. The molecule has 0 aromatic carbocycles. The largest absolute Gasteiger partial charge is 0.454 e. The first-order valence-corrected chi connectivity index (χ1v) is 9.35. The van der Waals surface area contributed by atoms with Crippen LogP contribution in [0.3, 0.4) is 0 Å². The van der Waals surface area contributed by atoms with E-state index in [1.807, 2.05) is 13.8 Å². The molecule has 1 N–H and O–H groups in total. The van der Waals surface area contributed by atoms with Crippen molar-refractivity contribution in [3.8, 4) is 0 Å². The molecule has 3 heterocycles. The highest BCUT2D eigenvalue weighted by molar-refractivity contribution is 6.29. The second-order valence-corrected chi connectivity index (χ2v) is 6.54. The van der Waals surface area contributed by atoms with Crippen LogP contribution in [0.2, 0.25) is 5.15 Å². The number of rotatable bonds is 7. The van der Waals surface area contributed by atoms with Gasteiger partial charge in [-0.3, -0.25) is 14.3 Å². The van der Waals surface area contributed by atoms with E-state index in [2.05, 4.69) is 15.0 Å². The van der Waals surface area contributed by atoms with Gasteiger partial charge in [0.25, 0.3) is 5.56 Å². The summed E-state index contributed by atoms with van der Waals surface area (Å²) >= 11 is 5.79. The zero-order valence-electron chi connectivity index (χ0n) is 15.6. The van der Waals surface area contributed by atoms with Crippen molar-refractivity contribution in [1.29, 1.82) is 0 Å². The number of hydrogen-bond donors (Lipinski definition) is 1. The Morgan fingerprint density at radius 3 is 2.75 bits per heavy atom. The predicted octanol–water partition coefficient (Wildman–Crippen LogP) is 2.11. The average Bonchev–Trinajstić information content (AvgIpc) is 3.04. The number of aryl methyl sites for hydroxylation is 2. The fraction of sp³-hybridized carbons (Fsp3) is 0.389. The number of fused-ring (bicyclic) bond motifs is 1. The molecule has 0 spiro atoms. The lowest BCUT2D eigenvalue weighted by molar-refractivity contribution is 0.0458. The molecule has 28 heavy (non-hydrogen) atoms. The van der Waals surface area contributed by atoms with Crippen molar-refractivity contribution < 1.29 is 9.53 Å². The predicted molar refractivity (Wildman–Crippen MR) is 104 cm³/mol. The highest BCUT2D eigenvalue weighted by Crippen LogP contribution is 2.14. The van der Waals surface area contributed by atoms with Gasteiger partial charge < -0.3 is 9.30 Å². The molecule has 148 valence electrons. The molecular weight excluding hydrogens is 386 g/mol. The van der Waals surface area contributed by atoms with Gasteiger partial charge >= 0.3 is 11.7 Å². The summed E-state index contributed by atoms with van der Waals surface area (Å²) in [5.41, 5.74) is -0.169. The van der Waals surface area contributed by atoms with E-state index < -0.39 is 17.2 Å². The molecule has 0 saturated carbocycles. The Morgan fingerprint density at radius 2 is 2.07 bits per heavy atom. The average molecular weight is 406 g/mol. The highest BCUT2D eigenvalue weighted by atomic mass is 35.5. The van der Waals surface area contributed by atoms with Gasteiger partial charge in [-0.15, -0.1) is 0 Å². The Bertz CT molecular complexity index is 1130.